The molecule has 0 unspecified atom stereocenters. The Morgan fingerprint density at radius 2 is 1.63 bits per heavy atom. The van der Waals surface area contributed by atoms with Gasteiger partial charge in [-0.05, 0) is 48.0 Å². The molecular weight excluding hydrogens is 510 g/mol. The molecular formula is C26H21N5O6S. The Labute approximate surface area is 221 Å². The smallest absolute Gasteiger partial charge is 0.343 e. The molecule has 0 aliphatic heterocycles. The Hall–Kier alpha value is -5.10. The van der Waals surface area contributed by atoms with Gasteiger partial charge in [0.05, 0.1) is 26.0 Å². The van der Waals surface area contributed by atoms with Gasteiger partial charge in [0.25, 0.3) is 0 Å². The van der Waals surface area contributed by atoms with Crippen LogP contribution in [0, 0.1) is 0 Å². The van der Waals surface area contributed by atoms with Gasteiger partial charge in [-0.1, -0.05) is 41.7 Å². The molecule has 3 aromatic carbocycles. The van der Waals surface area contributed by atoms with Crippen molar-refractivity contribution in [2.75, 3.05) is 19.5 Å². The van der Waals surface area contributed by atoms with E-state index in [2.05, 4.69) is 26.0 Å². The van der Waals surface area contributed by atoms with Gasteiger partial charge in [-0.25, -0.2) is 10.2 Å². The van der Waals surface area contributed by atoms with Crippen molar-refractivity contribution in [1.29, 1.82) is 0 Å². The van der Waals surface area contributed by atoms with Crippen molar-refractivity contribution in [2.24, 2.45) is 5.10 Å². The molecule has 192 valence electrons. The van der Waals surface area contributed by atoms with E-state index in [9.17, 15) is 14.4 Å². The number of anilines is 1. The Morgan fingerprint density at radius 1 is 0.868 bits per heavy atom. The van der Waals surface area contributed by atoms with Gasteiger partial charge in [-0.2, -0.15) is 5.10 Å². The normalized spacial score (nSPS) is 10.6. The molecule has 12 heteroatoms. The van der Waals surface area contributed by atoms with Gasteiger partial charge in [0, 0.05) is 5.56 Å². The minimum absolute atomic E-state index is 0.178. The molecule has 0 radical (unpaired) electrons. The van der Waals surface area contributed by atoms with E-state index in [0.717, 1.165) is 16.9 Å². The fourth-order valence-corrected chi connectivity index (χ4v) is 3.82. The Morgan fingerprint density at radius 3 is 2.34 bits per heavy atom. The van der Waals surface area contributed by atoms with Crippen LogP contribution in [0.2, 0.25) is 0 Å². The van der Waals surface area contributed by atoms with E-state index in [4.69, 9.17) is 14.2 Å². The quantitative estimate of drug-likeness (QED) is 0.116. The number of rotatable bonds is 8. The lowest BCUT2D eigenvalue weighted by Crippen LogP contribution is -2.32. The lowest BCUT2D eigenvalue weighted by molar-refractivity contribution is -0.136. The molecule has 2 N–H and O–H groups in total. The van der Waals surface area contributed by atoms with Crippen molar-refractivity contribution in [2.45, 2.75) is 0 Å². The second-order valence-electron chi connectivity index (χ2n) is 7.46. The number of amides is 2. The van der Waals surface area contributed by atoms with E-state index in [-0.39, 0.29) is 16.6 Å². The molecule has 0 aliphatic rings. The first-order valence-electron chi connectivity index (χ1n) is 11.0. The highest BCUT2D eigenvalue weighted by atomic mass is 32.1. The highest BCUT2D eigenvalue weighted by molar-refractivity contribution is 7.18. The van der Waals surface area contributed by atoms with Gasteiger partial charge < -0.3 is 14.2 Å². The number of hydrazone groups is 1. The fraction of sp³-hybridized carbons (Fsp3) is 0.0769. The second-order valence-corrected chi connectivity index (χ2v) is 8.44. The summed E-state index contributed by atoms with van der Waals surface area (Å²) in [4.78, 5) is 36.7. The molecule has 0 fully saturated rings. The van der Waals surface area contributed by atoms with Crippen molar-refractivity contribution >= 4 is 40.5 Å². The maximum absolute atomic E-state index is 12.4. The number of hydrogen-bond donors (Lipinski definition) is 2. The molecule has 1 heterocycles. The first-order valence-corrected chi connectivity index (χ1v) is 11.9. The zero-order valence-electron chi connectivity index (χ0n) is 20.2. The molecule has 0 aliphatic carbocycles. The van der Waals surface area contributed by atoms with Gasteiger partial charge in [0.15, 0.2) is 11.5 Å². The van der Waals surface area contributed by atoms with Gasteiger partial charge in [-0.15, -0.1) is 10.2 Å². The summed E-state index contributed by atoms with van der Waals surface area (Å²) >= 11 is 1.13. The number of nitrogens with zero attached hydrogens (tertiary/aromatic N) is 3. The third-order valence-electron chi connectivity index (χ3n) is 4.97. The molecule has 4 aromatic rings. The predicted octanol–water partition coefficient (Wildman–Crippen LogP) is 3.53. The summed E-state index contributed by atoms with van der Waals surface area (Å²) < 4.78 is 15.8. The lowest BCUT2D eigenvalue weighted by atomic mass is 10.2. The third-order valence-corrected chi connectivity index (χ3v) is 5.86. The molecule has 0 atom stereocenters. The number of benzene rings is 3. The van der Waals surface area contributed by atoms with Crippen molar-refractivity contribution in [3.63, 3.8) is 0 Å². The van der Waals surface area contributed by atoms with Crippen LogP contribution in [0.3, 0.4) is 0 Å². The minimum atomic E-state index is -0.991. The average molecular weight is 532 g/mol. The predicted molar refractivity (Wildman–Crippen MR) is 141 cm³/mol. The van der Waals surface area contributed by atoms with Crippen molar-refractivity contribution < 1.29 is 28.6 Å². The first-order chi connectivity index (χ1) is 18.5. The van der Waals surface area contributed by atoms with E-state index in [1.807, 2.05) is 30.3 Å². The number of aromatic nitrogens is 2. The van der Waals surface area contributed by atoms with Gasteiger partial charge in [-0.3, -0.25) is 14.9 Å². The maximum Gasteiger partial charge on any atom is 0.343 e. The Balaban J connectivity index is 1.32. The summed E-state index contributed by atoms with van der Waals surface area (Å²) in [5.74, 6) is -1.43. The topological polar surface area (TPSA) is 141 Å². The van der Waals surface area contributed by atoms with E-state index < -0.39 is 17.8 Å². The SMILES string of the molecule is COc1ccc(C(=O)Oc2ccc(C=NNC(=O)C(=O)Nc3nnc(-c4ccccc4)s3)cc2OC)cc1. The zero-order chi connectivity index (χ0) is 26.9. The first kappa shape index (κ1) is 26.0. The Kier molecular flexibility index (Phi) is 8.36. The summed E-state index contributed by atoms with van der Waals surface area (Å²) in [5, 5.41) is 14.9. The van der Waals surface area contributed by atoms with E-state index in [1.165, 1.54) is 26.5 Å². The van der Waals surface area contributed by atoms with E-state index in [0.29, 0.717) is 21.9 Å². The number of carbonyl (C=O) groups excluding carboxylic acids is 3. The third kappa shape index (κ3) is 6.56. The second kappa shape index (κ2) is 12.2. The van der Waals surface area contributed by atoms with Crippen LogP contribution in [0.15, 0.2) is 77.9 Å². The van der Waals surface area contributed by atoms with Crippen LogP contribution >= 0.6 is 11.3 Å². The van der Waals surface area contributed by atoms with Crippen LogP contribution in [-0.2, 0) is 9.59 Å². The number of carbonyl (C=O) groups is 3. The van der Waals surface area contributed by atoms with Crippen molar-refractivity contribution in [3.05, 3.63) is 83.9 Å². The molecule has 1 aromatic heterocycles. The van der Waals surface area contributed by atoms with Crippen LogP contribution in [0.4, 0.5) is 5.13 Å². The summed E-state index contributed by atoms with van der Waals surface area (Å²) in [5.41, 5.74) is 3.84. The molecule has 0 saturated carbocycles. The molecule has 0 saturated heterocycles. The minimum Gasteiger partial charge on any atom is -0.497 e. The average Bonchev–Trinajstić information content (AvgIpc) is 3.42. The van der Waals surface area contributed by atoms with Crippen molar-refractivity contribution in [3.8, 4) is 27.8 Å². The van der Waals surface area contributed by atoms with Crippen molar-refractivity contribution in [1.82, 2.24) is 15.6 Å². The molecule has 11 nitrogen and oxygen atoms in total. The number of methoxy groups -OCH3 is 2. The molecule has 0 bridgehead atoms. The number of esters is 1. The Bertz CT molecular complexity index is 1470. The van der Waals surface area contributed by atoms with Crippen LogP contribution < -0.4 is 25.0 Å². The molecule has 2 amide bonds. The zero-order valence-corrected chi connectivity index (χ0v) is 21.0. The van der Waals surface area contributed by atoms with Crippen LogP contribution in [-0.4, -0.2) is 48.4 Å². The van der Waals surface area contributed by atoms with Gasteiger partial charge in [0.2, 0.25) is 5.13 Å². The van der Waals surface area contributed by atoms with Gasteiger partial charge in [0.1, 0.15) is 10.8 Å². The number of nitrogens with one attached hydrogen (secondary N) is 2. The highest BCUT2D eigenvalue weighted by Crippen LogP contribution is 2.29. The number of ether oxygens (including phenoxy) is 3. The summed E-state index contributed by atoms with van der Waals surface area (Å²) in [6.07, 6.45) is 1.31. The molecule has 4 rings (SSSR count). The standard InChI is InChI=1S/C26H21N5O6S/c1-35-19-11-9-18(10-12-19)25(34)37-20-13-8-16(14-21(20)36-2)15-27-29-23(33)22(32)28-26-31-30-24(38-26)17-6-4-3-5-7-17/h3-15H,1-2H3,(H,29,33)(H,28,31,32). The largest absolute Gasteiger partial charge is 0.497 e. The summed E-state index contributed by atoms with van der Waals surface area (Å²) in [7, 11) is 2.95. The lowest BCUT2D eigenvalue weighted by Gasteiger charge is -2.10. The van der Waals surface area contributed by atoms with E-state index >= 15 is 0 Å². The summed E-state index contributed by atoms with van der Waals surface area (Å²) in [6, 6.07) is 20.5. The summed E-state index contributed by atoms with van der Waals surface area (Å²) in [6.45, 7) is 0. The highest BCUT2D eigenvalue weighted by Gasteiger charge is 2.16. The molecule has 0 spiro atoms. The monoisotopic (exact) mass is 531 g/mol. The fourth-order valence-electron chi connectivity index (χ4n) is 3.08. The van der Waals surface area contributed by atoms with E-state index in [1.54, 1.807) is 36.4 Å². The van der Waals surface area contributed by atoms with Crippen LogP contribution in [0.1, 0.15) is 15.9 Å². The van der Waals surface area contributed by atoms with Crippen LogP contribution in [0.5, 0.6) is 17.2 Å². The number of hydrogen-bond acceptors (Lipinski definition) is 10. The van der Waals surface area contributed by atoms with Gasteiger partial charge >= 0.3 is 17.8 Å². The molecule has 38 heavy (non-hydrogen) atoms. The van der Waals surface area contributed by atoms with Crippen LogP contribution in [0.25, 0.3) is 10.6 Å². The maximum atomic E-state index is 12.4.